The summed E-state index contributed by atoms with van der Waals surface area (Å²) in [5.41, 5.74) is 23.4. The fourth-order valence-corrected chi connectivity index (χ4v) is 4.36. The minimum absolute atomic E-state index is 0.0272. The number of aliphatic imine (C=N–C) groups is 1. The van der Waals surface area contributed by atoms with Crippen LogP contribution in [0.15, 0.2) is 35.5 Å². The number of benzene rings is 1. The molecule has 14 N–H and O–H groups in total. The van der Waals surface area contributed by atoms with Gasteiger partial charge in [-0.05, 0) is 50.3 Å². The van der Waals surface area contributed by atoms with Crippen LogP contribution < -0.4 is 38.9 Å². The van der Waals surface area contributed by atoms with E-state index in [4.69, 9.17) is 28.0 Å². The largest absolute Gasteiger partial charge is 0.481 e. The zero-order valence-corrected chi connectivity index (χ0v) is 23.8. The topological polar surface area (TPSA) is 294 Å². The van der Waals surface area contributed by atoms with Crippen molar-refractivity contribution in [2.75, 3.05) is 13.1 Å². The van der Waals surface area contributed by atoms with Gasteiger partial charge >= 0.3 is 11.9 Å². The molecule has 0 aliphatic heterocycles. The lowest BCUT2D eigenvalue weighted by Gasteiger charge is -2.25. The van der Waals surface area contributed by atoms with Crippen LogP contribution in [0.2, 0.25) is 0 Å². The molecule has 1 aromatic carbocycles. The number of carbonyl (C=O) groups excluding carboxylic acids is 3. The van der Waals surface area contributed by atoms with Crippen molar-refractivity contribution < 1.29 is 34.2 Å². The first-order valence-electron chi connectivity index (χ1n) is 13.8. The van der Waals surface area contributed by atoms with Crippen molar-refractivity contribution in [3.63, 3.8) is 0 Å². The van der Waals surface area contributed by atoms with Gasteiger partial charge in [-0.25, -0.2) is 4.79 Å². The second kappa shape index (κ2) is 17.3. The van der Waals surface area contributed by atoms with Crippen LogP contribution in [0.5, 0.6) is 0 Å². The van der Waals surface area contributed by atoms with Gasteiger partial charge in [0.15, 0.2) is 5.96 Å². The first-order chi connectivity index (χ1) is 20.4. The number of hydrogen-bond acceptors (Lipinski definition) is 8. The molecule has 0 saturated heterocycles. The number of aromatic nitrogens is 1. The molecule has 4 atom stereocenters. The van der Waals surface area contributed by atoms with Crippen LogP contribution in [-0.4, -0.2) is 88.1 Å². The van der Waals surface area contributed by atoms with E-state index >= 15 is 0 Å². The molecule has 2 rings (SSSR count). The molecule has 0 fully saturated rings. The molecular formula is C27H41N9O7. The number of hydrogen-bond donors (Lipinski definition) is 10. The summed E-state index contributed by atoms with van der Waals surface area (Å²) in [6.07, 6.45) is 2.44. The van der Waals surface area contributed by atoms with Crippen molar-refractivity contribution in [2.45, 2.75) is 69.1 Å². The molecule has 1 aromatic heterocycles. The Kier molecular flexibility index (Phi) is 13.9. The van der Waals surface area contributed by atoms with Crippen LogP contribution in [0.3, 0.4) is 0 Å². The summed E-state index contributed by atoms with van der Waals surface area (Å²) in [4.78, 5) is 69.4. The van der Waals surface area contributed by atoms with Crippen LogP contribution in [0.4, 0.5) is 0 Å². The highest BCUT2D eigenvalue weighted by Gasteiger charge is 2.31. The number of carbonyl (C=O) groups is 5. The van der Waals surface area contributed by atoms with Crippen molar-refractivity contribution in [1.29, 1.82) is 0 Å². The average molecular weight is 604 g/mol. The van der Waals surface area contributed by atoms with E-state index in [0.717, 1.165) is 10.9 Å². The molecular weight excluding hydrogens is 562 g/mol. The van der Waals surface area contributed by atoms with Crippen LogP contribution in [0.1, 0.15) is 44.1 Å². The molecule has 0 spiro atoms. The summed E-state index contributed by atoms with van der Waals surface area (Å²) >= 11 is 0. The van der Waals surface area contributed by atoms with E-state index < -0.39 is 60.2 Å². The van der Waals surface area contributed by atoms with E-state index in [-0.39, 0.29) is 38.2 Å². The number of carboxylic acids is 2. The van der Waals surface area contributed by atoms with Gasteiger partial charge in [0.25, 0.3) is 0 Å². The molecule has 3 amide bonds. The van der Waals surface area contributed by atoms with Gasteiger partial charge in [0.05, 0.1) is 12.5 Å². The minimum atomic E-state index is -1.43. The molecule has 16 heteroatoms. The maximum atomic E-state index is 13.6. The molecule has 0 aliphatic rings. The number of aliphatic carboxylic acids is 2. The number of carboxylic acid groups (broad SMARTS) is 2. The minimum Gasteiger partial charge on any atom is -0.481 e. The van der Waals surface area contributed by atoms with E-state index in [9.17, 15) is 29.1 Å². The van der Waals surface area contributed by atoms with Crippen molar-refractivity contribution in [2.24, 2.45) is 27.9 Å². The van der Waals surface area contributed by atoms with E-state index in [0.29, 0.717) is 24.9 Å². The number of nitrogens with zero attached hydrogens (tertiary/aromatic N) is 1. The number of nitrogens with two attached hydrogens (primary N) is 4. The molecule has 236 valence electrons. The Morgan fingerprint density at radius 1 is 0.860 bits per heavy atom. The quantitative estimate of drug-likeness (QED) is 0.0487. The number of unbranched alkanes of at least 4 members (excludes halogenated alkanes) is 1. The Labute approximate surface area is 248 Å². The predicted octanol–water partition coefficient (Wildman–Crippen LogP) is -1.77. The zero-order valence-electron chi connectivity index (χ0n) is 23.8. The molecule has 4 unspecified atom stereocenters. The summed E-state index contributed by atoms with van der Waals surface area (Å²) in [5, 5.41) is 27.0. The Morgan fingerprint density at radius 2 is 1.49 bits per heavy atom. The van der Waals surface area contributed by atoms with Gasteiger partial charge < -0.3 is 54.1 Å². The Balaban J connectivity index is 2.31. The summed E-state index contributed by atoms with van der Waals surface area (Å²) in [5.74, 6) is -5.08. The summed E-state index contributed by atoms with van der Waals surface area (Å²) in [7, 11) is 0. The average Bonchev–Trinajstić information content (AvgIpc) is 3.35. The summed E-state index contributed by atoms with van der Waals surface area (Å²) in [6.45, 7) is 0.504. The smallest absolute Gasteiger partial charge is 0.326 e. The number of guanidine groups is 1. The van der Waals surface area contributed by atoms with Gasteiger partial charge in [-0.3, -0.25) is 24.2 Å². The lowest BCUT2D eigenvalue weighted by molar-refractivity contribution is -0.142. The van der Waals surface area contributed by atoms with E-state index in [1.165, 1.54) is 0 Å². The van der Waals surface area contributed by atoms with Gasteiger partial charge in [-0.2, -0.15) is 0 Å². The second-order valence-corrected chi connectivity index (χ2v) is 10.0. The van der Waals surface area contributed by atoms with Crippen LogP contribution in [-0.2, 0) is 30.4 Å². The van der Waals surface area contributed by atoms with Gasteiger partial charge in [0, 0.05) is 30.1 Å². The molecule has 16 nitrogen and oxygen atoms in total. The highest BCUT2D eigenvalue weighted by molar-refractivity contribution is 5.95. The number of aromatic amines is 1. The fraction of sp³-hybridized carbons (Fsp3) is 0.481. The standard InChI is InChI=1S/C27H41N9O7/c28-10-4-3-8-20(26(42)43)35-24(40)19(9-5-11-32-27(30)31)34-25(41)21(36-23(39)17(29)13-22(37)38)12-15-14-33-18-7-2-1-6-16(15)18/h1-2,6-7,14,17,19-21,33H,3-5,8-13,28-29H2,(H,34,41)(H,35,40)(H,36,39)(H,37,38)(H,42,43)(H4,30,31,32). The summed E-state index contributed by atoms with van der Waals surface area (Å²) < 4.78 is 0. The number of nitrogens with one attached hydrogen (secondary N) is 4. The zero-order chi connectivity index (χ0) is 31.9. The molecule has 0 bridgehead atoms. The maximum absolute atomic E-state index is 13.6. The normalized spacial score (nSPS) is 13.7. The fourth-order valence-electron chi connectivity index (χ4n) is 4.36. The van der Waals surface area contributed by atoms with E-state index in [1.54, 1.807) is 12.3 Å². The number of para-hydroxylation sites is 1. The van der Waals surface area contributed by atoms with Gasteiger partial charge in [-0.1, -0.05) is 18.2 Å². The van der Waals surface area contributed by atoms with E-state index in [2.05, 4.69) is 25.9 Å². The Hall–Kier alpha value is -4.70. The molecule has 43 heavy (non-hydrogen) atoms. The number of amides is 3. The third kappa shape index (κ3) is 11.6. The lowest BCUT2D eigenvalue weighted by Crippen LogP contribution is -2.57. The molecule has 1 heterocycles. The molecule has 0 aliphatic carbocycles. The molecule has 2 aromatic rings. The first-order valence-corrected chi connectivity index (χ1v) is 13.8. The highest BCUT2D eigenvalue weighted by Crippen LogP contribution is 2.19. The van der Waals surface area contributed by atoms with E-state index in [1.807, 2.05) is 18.2 Å². The number of H-pyrrole nitrogens is 1. The number of fused-ring (bicyclic) bond motifs is 1. The van der Waals surface area contributed by atoms with Gasteiger partial charge in [0.1, 0.15) is 18.1 Å². The highest BCUT2D eigenvalue weighted by atomic mass is 16.4. The van der Waals surface area contributed by atoms with Crippen LogP contribution in [0, 0.1) is 0 Å². The predicted molar refractivity (Wildman–Crippen MR) is 158 cm³/mol. The second-order valence-electron chi connectivity index (χ2n) is 10.0. The number of rotatable bonds is 19. The Morgan fingerprint density at radius 3 is 2.14 bits per heavy atom. The third-order valence-corrected chi connectivity index (χ3v) is 6.60. The maximum Gasteiger partial charge on any atom is 0.326 e. The van der Waals surface area contributed by atoms with Gasteiger partial charge in [0.2, 0.25) is 17.7 Å². The third-order valence-electron chi connectivity index (χ3n) is 6.60. The monoisotopic (exact) mass is 603 g/mol. The van der Waals surface area contributed by atoms with Crippen LogP contribution >= 0.6 is 0 Å². The SMILES string of the molecule is NCCCCC(NC(=O)C(CCCN=C(N)N)NC(=O)C(Cc1c[nH]c2ccccc12)NC(=O)C(N)CC(=O)O)C(=O)O. The summed E-state index contributed by atoms with van der Waals surface area (Å²) in [6, 6.07) is 2.16. The molecule has 0 saturated carbocycles. The van der Waals surface area contributed by atoms with Crippen LogP contribution in [0.25, 0.3) is 10.9 Å². The van der Waals surface area contributed by atoms with Gasteiger partial charge in [-0.15, -0.1) is 0 Å². The van der Waals surface area contributed by atoms with Crippen molar-refractivity contribution in [3.8, 4) is 0 Å². The van der Waals surface area contributed by atoms with Crippen molar-refractivity contribution in [1.82, 2.24) is 20.9 Å². The van der Waals surface area contributed by atoms with Crippen molar-refractivity contribution in [3.05, 3.63) is 36.0 Å². The molecule has 0 radical (unpaired) electrons. The first kappa shape index (κ1) is 34.5. The van der Waals surface area contributed by atoms with Crippen molar-refractivity contribution >= 4 is 46.5 Å². The lowest BCUT2D eigenvalue weighted by atomic mass is 10.0. The Bertz CT molecular complexity index is 1290.